The molecule has 9 nitrogen and oxygen atoms in total. The van der Waals surface area contributed by atoms with Crippen molar-refractivity contribution in [2.75, 3.05) is 30.4 Å². The van der Waals surface area contributed by atoms with Gasteiger partial charge in [-0.2, -0.15) is 0 Å². The van der Waals surface area contributed by atoms with Crippen LogP contribution in [0.5, 0.6) is 0 Å². The first-order valence-electron chi connectivity index (χ1n) is 12.6. The van der Waals surface area contributed by atoms with Crippen LogP contribution in [0.15, 0.2) is 24.3 Å². The van der Waals surface area contributed by atoms with Gasteiger partial charge in [0.15, 0.2) is 0 Å². The number of nitrogens with two attached hydrogens (primary N) is 1. The predicted molar refractivity (Wildman–Crippen MR) is 139 cm³/mol. The van der Waals surface area contributed by atoms with Gasteiger partial charge in [0, 0.05) is 32.0 Å². The number of hydrogen-bond acceptors (Lipinski definition) is 6. The molecule has 0 aliphatic carbocycles. The van der Waals surface area contributed by atoms with E-state index in [1.54, 1.807) is 18.9 Å². The minimum Gasteiger partial charge on any atom is -0.391 e. The van der Waals surface area contributed by atoms with Crippen LogP contribution in [0.25, 0.3) is 0 Å². The van der Waals surface area contributed by atoms with Gasteiger partial charge in [0.05, 0.1) is 24.0 Å². The maximum absolute atomic E-state index is 13.4. The maximum Gasteiger partial charge on any atom is 0.244 e. The number of amides is 3. The van der Waals surface area contributed by atoms with E-state index in [4.69, 9.17) is 5.73 Å². The van der Waals surface area contributed by atoms with Gasteiger partial charge in [0.25, 0.3) is 0 Å². The molecule has 35 heavy (non-hydrogen) atoms. The Hall–Kier alpha value is -2.65. The number of fused-ring (bicyclic) bond motifs is 1. The number of aliphatic hydroxyl groups is 1. The Labute approximate surface area is 209 Å². The summed E-state index contributed by atoms with van der Waals surface area (Å²) in [5.74, 6) is -0.725. The Balaban J connectivity index is 1.99. The fourth-order valence-electron chi connectivity index (χ4n) is 4.46. The van der Waals surface area contributed by atoms with Crippen molar-refractivity contribution in [3.8, 4) is 0 Å². The number of nitrogens with one attached hydrogen (secondary N) is 3. The number of rotatable bonds is 12. The highest BCUT2D eigenvalue weighted by atomic mass is 16.3. The van der Waals surface area contributed by atoms with Crippen LogP contribution in [0.3, 0.4) is 0 Å². The molecule has 2 rings (SSSR count). The fraction of sp³-hybridized carbons (Fsp3) is 0.654. The number of likely N-dealkylation sites (N-methyl/N-ethyl adjacent to an activating group) is 1. The second kappa shape index (κ2) is 12.9. The SMILES string of the molecule is CCCCNC(=O)[C@H](C)C[C@H](O)[C@@H](N)CC(C)(C)CC(=O)N1C[C@H](C(=O)NC)Nc2ccccc21. The molecule has 0 aromatic heterocycles. The van der Waals surface area contributed by atoms with Gasteiger partial charge in [-0.15, -0.1) is 0 Å². The van der Waals surface area contributed by atoms with Crippen molar-refractivity contribution in [1.82, 2.24) is 10.6 Å². The van der Waals surface area contributed by atoms with Crippen LogP contribution in [0, 0.1) is 11.3 Å². The normalized spacial score (nSPS) is 18.0. The second-order valence-electron chi connectivity index (χ2n) is 10.4. The molecule has 0 spiro atoms. The van der Waals surface area contributed by atoms with Crippen LogP contribution >= 0.6 is 0 Å². The number of carbonyl (C=O) groups is 3. The number of anilines is 2. The van der Waals surface area contributed by atoms with Crippen LogP contribution in [0.2, 0.25) is 0 Å². The zero-order chi connectivity index (χ0) is 26.2. The van der Waals surface area contributed by atoms with Crippen LogP contribution in [-0.4, -0.2) is 61.2 Å². The molecule has 0 fully saturated rings. The molecule has 4 atom stereocenters. The average Bonchev–Trinajstić information content (AvgIpc) is 2.81. The third-order valence-corrected chi connectivity index (χ3v) is 6.54. The summed E-state index contributed by atoms with van der Waals surface area (Å²) in [4.78, 5) is 39.5. The van der Waals surface area contributed by atoms with Gasteiger partial charge in [0.1, 0.15) is 6.04 Å². The molecular formula is C26H43N5O4. The van der Waals surface area contributed by atoms with Gasteiger partial charge < -0.3 is 31.7 Å². The number of nitrogens with zero attached hydrogens (tertiary/aromatic N) is 1. The van der Waals surface area contributed by atoms with E-state index in [2.05, 4.69) is 22.9 Å². The van der Waals surface area contributed by atoms with E-state index in [-0.39, 0.29) is 43.0 Å². The highest BCUT2D eigenvalue weighted by molar-refractivity contribution is 6.01. The third kappa shape index (κ3) is 8.21. The number of aliphatic hydroxyl groups excluding tert-OH is 1. The first-order valence-corrected chi connectivity index (χ1v) is 12.6. The Kier molecular flexibility index (Phi) is 10.5. The van der Waals surface area contributed by atoms with Crippen molar-refractivity contribution >= 4 is 29.1 Å². The first kappa shape index (κ1) is 28.6. The maximum atomic E-state index is 13.4. The van der Waals surface area contributed by atoms with E-state index in [1.807, 2.05) is 38.1 Å². The first-order chi connectivity index (χ1) is 16.5. The van der Waals surface area contributed by atoms with E-state index in [0.717, 1.165) is 24.2 Å². The molecule has 0 radical (unpaired) electrons. The molecule has 196 valence electrons. The summed E-state index contributed by atoms with van der Waals surface area (Å²) in [5, 5.41) is 19.4. The zero-order valence-corrected chi connectivity index (χ0v) is 21.8. The van der Waals surface area contributed by atoms with Crippen LogP contribution < -0.4 is 26.6 Å². The molecule has 1 aliphatic heterocycles. The summed E-state index contributed by atoms with van der Waals surface area (Å²) in [6.07, 6.45) is 1.95. The summed E-state index contributed by atoms with van der Waals surface area (Å²) in [6, 6.07) is 6.31. The largest absolute Gasteiger partial charge is 0.391 e. The lowest BCUT2D eigenvalue weighted by Crippen LogP contribution is -2.52. The summed E-state index contributed by atoms with van der Waals surface area (Å²) in [6.45, 7) is 8.60. The van der Waals surface area contributed by atoms with E-state index in [1.165, 1.54) is 0 Å². The van der Waals surface area contributed by atoms with E-state index in [9.17, 15) is 19.5 Å². The van der Waals surface area contributed by atoms with Crippen molar-refractivity contribution in [2.45, 2.75) is 78.0 Å². The van der Waals surface area contributed by atoms with Crippen molar-refractivity contribution in [3.05, 3.63) is 24.3 Å². The number of unbranched alkanes of at least 4 members (excludes halogenated alkanes) is 1. The van der Waals surface area contributed by atoms with Crippen LogP contribution in [0.1, 0.15) is 59.8 Å². The molecular weight excluding hydrogens is 446 g/mol. The Bertz CT molecular complexity index is 875. The molecule has 0 saturated heterocycles. The molecule has 9 heteroatoms. The lowest BCUT2D eigenvalue weighted by atomic mass is 9.80. The lowest BCUT2D eigenvalue weighted by molar-refractivity contribution is -0.125. The molecule has 0 unspecified atom stereocenters. The minimum absolute atomic E-state index is 0.0813. The van der Waals surface area contributed by atoms with E-state index >= 15 is 0 Å². The van der Waals surface area contributed by atoms with Gasteiger partial charge in [-0.3, -0.25) is 14.4 Å². The number of hydrogen-bond donors (Lipinski definition) is 5. The zero-order valence-electron chi connectivity index (χ0n) is 21.8. The molecule has 1 aliphatic rings. The topological polar surface area (TPSA) is 137 Å². The van der Waals surface area contributed by atoms with Gasteiger partial charge in [-0.05, 0) is 36.8 Å². The quantitative estimate of drug-likeness (QED) is 0.285. The average molecular weight is 490 g/mol. The van der Waals surface area contributed by atoms with Crippen LogP contribution in [0.4, 0.5) is 11.4 Å². The van der Waals surface area contributed by atoms with Gasteiger partial charge in [-0.1, -0.05) is 46.2 Å². The molecule has 1 aromatic rings. The van der Waals surface area contributed by atoms with Gasteiger partial charge in [-0.25, -0.2) is 0 Å². The standard InChI is InChI=1S/C26H43N5O4/c1-6-7-12-29-24(34)17(2)13-22(32)18(27)14-26(3,4)15-23(33)31-16-20(25(35)28-5)30-19-10-8-9-11-21(19)31/h8-11,17-18,20,22,30,32H,6-7,12-16,27H2,1-5H3,(H,28,35)(H,29,34)/t17-,18+,20-,22+/m1/s1. The number of benzene rings is 1. The van der Waals surface area contributed by atoms with Crippen LogP contribution in [-0.2, 0) is 14.4 Å². The number of para-hydroxylation sites is 2. The summed E-state index contributed by atoms with van der Waals surface area (Å²) in [5.41, 5.74) is 7.29. The van der Waals surface area contributed by atoms with Gasteiger partial charge >= 0.3 is 0 Å². The fourth-order valence-corrected chi connectivity index (χ4v) is 4.46. The van der Waals surface area contributed by atoms with Crippen molar-refractivity contribution < 1.29 is 19.5 Å². The molecule has 3 amide bonds. The number of carbonyl (C=O) groups excluding carboxylic acids is 3. The summed E-state index contributed by atoms with van der Waals surface area (Å²) < 4.78 is 0. The summed E-state index contributed by atoms with van der Waals surface area (Å²) in [7, 11) is 1.57. The monoisotopic (exact) mass is 489 g/mol. The molecule has 1 heterocycles. The molecule has 0 saturated carbocycles. The molecule has 6 N–H and O–H groups in total. The highest BCUT2D eigenvalue weighted by Gasteiger charge is 2.35. The van der Waals surface area contributed by atoms with Crippen molar-refractivity contribution in [2.24, 2.45) is 17.1 Å². The Morgan fingerprint density at radius 1 is 1.29 bits per heavy atom. The Morgan fingerprint density at radius 3 is 2.63 bits per heavy atom. The smallest absolute Gasteiger partial charge is 0.244 e. The third-order valence-electron chi connectivity index (χ3n) is 6.54. The second-order valence-corrected chi connectivity index (χ2v) is 10.4. The van der Waals surface area contributed by atoms with E-state index in [0.29, 0.717) is 13.0 Å². The van der Waals surface area contributed by atoms with Gasteiger partial charge in [0.2, 0.25) is 17.7 Å². The highest BCUT2D eigenvalue weighted by Crippen LogP contribution is 2.34. The molecule has 1 aromatic carbocycles. The predicted octanol–water partition coefficient (Wildman–Crippen LogP) is 2.00. The molecule has 0 bridgehead atoms. The lowest BCUT2D eigenvalue weighted by Gasteiger charge is -2.37. The van der Waals surface area contributed by atoms with Crippen molar-refractivity contribution in [3.63, 3.8) is 0 Å². The summed E-state index contributed by atoms with van der Waals surface area (Å²) >= 11 is 0. The van der Waals surface area contributed by atoms with Crippen molar-refractivity contribution in [1.29, 1.82) is 0 Å². The minimum atomic E-state index is -0.853. The Morgan fingerprint density at radius 2 is 1.97 bits per heavy atom. The van der Waals surface area contributed by atoms with E-state index < -0.39 is 23.6 Å².